The number of carboxylic acid groups (broad SMARTS) is 1. The molecule has 0 spiro atoms. The molecule has 1 aromatic carbocycles. The van der Waals surface area contributed by atoms with Crippen LogP contribution in [0.4, 0.5) is 10.5 Å². The summed E-state index contributed by atoms with van der Waals surface area (Å²) in [4.78, 5) is 36.8. The number of ether oxygens (including phenoxy) is 4. The fourth-order valence-corrected chi connectivity index (χ4v) is 5.93. The van der Waals surface area contributed by atoms with Crippen molar-refractivity contribution in [2.24, 2.45) is 5.92 Å². The van der Waals surface area contributed by atoms with Crippen LogP contribution in [0.3, 0.4) is 0 Å². The molecule has 4 bridgehead atoms. The summed E-state index contributed by atoms with van der Waals surface area (Å²) in [5, 5.41) is 24.7. The number of aliphatic hydroxyl groups is 1. The fraction of sp³-hybridized carbons (Fsp3) is 0.581. The lowest BCUT2D eigenvalue weighted by molar-refractivity contribution is -0.142. The second-order valence-electron chi connectivity index (χ2n) is 11.6. The maximum absolute atomic E-state index is 13.2. The topological polar surface area (TPSA) is 159 Å². The Kier molecular flexibility index (Phi) is 11.8. The van der Waals surface area contributed by atoms with Crippen LogP contribution in [0.1, 0.15) is 45.6 Å². The van der Waals surface area contributed by atoms with Crippen LogP contribution in [0.5, 0.6) is 5.75 Å². The van der Waals surface area contributed by atoms with Gasteiger partial charge in [0.05, 0.1) is 31.0 Å². The molecule has 2 saturated heterocycles. The number of nitrogens with one attached hydrogen (secondary N) is 2. The van der Waals surface area contributed by atoms with Gasteiger partial charge < -0.3 is 39.4 Å². The van der Waals surface area contributed by atoms with Crippen molar-refractivity contribution in [1.82, 2.24) is 10.6 Å². The molecule has 0 aromatic heterocycles. The summed E-state index contributed by atoms with van der Waals surface area (Å²) < 4.78 is 22.7. The van der Waals surface area contributed by atoms with E-state index in [-0.39, 0.29) is 37.3 Å². The first-order valence-corrected chi connectivity index (χ1v) is 14.8. The minimum atomic E-state index is -1.66. The van der Waals surface area contributed by atoms with Crippen LogP contribution < -0.4 is 20.3 Å². The Morgan fingerprint density at radius 1 is 1.30 bits per heavy atom. The van der Waals surface area contributed by atoms with E-state index < -0.39 is 35.6 Å². The number of methoxy groups -OCH3 is 2. The van der Waals surface area contributed by atoms with Crippen molar-refractivity contribution in [3.05, 3.63) is 46.5 Å². The van der Waals surface area contributed by atoms with Gasteiger partial charge in [0.2, 0.25) is 5.91 Å². The third kappa shape index (κ3) is 8.51. The number of hydrogen-bond acceptors (Lipinski definition) is 9. The maximum atomic E-state index is 13.2. The number of benzene rings is 1. The molecule has 0 aliphatic carbocycles. The van der Waals surface area contributed by atoms with E-state index in [1.165, 1.54) is 7.11 Å². The number of epoxide rings is 1. The minimum Gasteiger partial charge on any atom is -0.495 e. The molecule has 12 nitrogen and oxygen atoms in total. The molecule has 1 aromatic rings. The Morgan fingerprint density at radius 3 is 2.59 bits per heavy atom. The number of allylic oxidation sites excluding steroid dienone is 3. The molecule has 3 aliphatic heterocycles. The molecule has 13 heteroatoms. The molecule has 3 unspecified atom stereocenters. The van der Waals surface area contributed by atoms with Gasteiger partial charge in [0.15, 0.2) is 5.72 Å². The molecule has 2 fully saturated rings. The van der Waals surface area contributed by atoms with Gasteiger partial charge in [-0.3, -0.25) is 14.9 Å². The summed E-state index contributed by atoms with van der Waals surface area (Å²) >= 11 is 6.61. The second-order valence-corrected chi connectivity index (χ2v) is 12.0. The van der Waals surface area contributed by atoms with Crippen LogP contribution >= 0.6 is 11.6 Å². The van der Waals surface area contributed by atoms with Crippen LogP contribution in [0.15, 0.2) is 35.9 Å². The lowest BCUT2D eigenvalue weighted by Gasteiger charge is -2.42. The number of carboxylic acids is 1. The van der Waals surface area contributed by atoms with Crippen LogP contribution in [-0.2, 0) is 30.2 Å². The highest BCUT2D eigenvalue weighted by atomic mass is 35.5. The molecule has 4 rings (SSSR count). The number of amides is 2. The van der Waals surface area contributed by atoms with Crippen LogP contribution in [0.25, 0.3) is 0 Å². The third-order valence-corrected chi connectivity index (χ3v) is 8.55. The van der Waals surface area contributed by atoms with E-state index in [9.17, 15) is 19.5 Å². The van der Waals surface area contributed by atoms with Gasteiger partial charge in [-0.05, 0) is 51.4 Å². The molecule has 0 radical (unpaired) electrons. The monoisotopic (exact) mass is 637 g/mol. The van der Waals surface area contributed by atoms with E-state index in [0.29, 0.717) is 29.3 Å². The molecular formula is C31H44ClN3O9. The average molecular weight is 638 g/mol. The van der Waals surface area contributed by atoms with Gasteiger partial charge >= 0.3 is 12.1 Å². The smallest absolute Gasteiger partial charge is 0.409 e. The number of likely N-dealkylation sites (N-methyl/N-ethyl adjacent to an activating group) is 1. The second kappa shape index (κ2) is 14.7. The van der Waals surface area contributed by atoms with Crippen molar-refractivity contribution in [3.63, 3.8) is 0 Å². The third-order valence-electron chi connectivity index (χ3n) is 8.17. The molecule has 3 heterocycles. The molecule has 0 saturated carbocycles. The van der Waals surface area contributed by atoms with Gasteiger partial charge in [-0.15, -0.1) is 0 Å². The summed E-state index contributed by atoms with van der Waals surface area (Å²) in [7, 11) is 6.32. The molecule has 244 valence electrons. The minimum absolute atomic E-state index is 0.0417. The van der Waals surface area contributed by atoms with E-state index in [2.05, 4.69) is 10.6 Å². The number of carbonyl (C=O) groups excluding carboxylic acids is 2. The van der Waals surface area contributed by atoms with E-state index in [0.717, 1.165) is 11.1 Å². The lowest BCUT2D eigenvalue weighted by atomic mass is 9.84. The Balaban J connectivity index is 0.000000801. The summed E-state index contributed by atoms with van der Waals surface area (Å²) in [5.74, 6) is -0.652. The molecule has 3 aliphatic rings. The Morgan fingerprint density at radius 2 is 2.00 bits per heavy atom. The fourth-order valence-electron chi connectivity index (χ4n) is 5.62. The largest absolute Gasteiger partial charge is 0.495 e. The molecule has 6 atom stereocenters. The quantitative estimate of drug-likeness (QED) is 0.360. The first kappa shape index (κ1) is 35.3. The number of hydrogen-bond donors (Lipinski definition) is 4. The van der Waals surface area contributed by atoms with E-state index in [1.807, 2.05) is 39.0 Å². The van der Waals surface area contributed by atoms with E-state index >= 15 is 0 Å². The highest BCUT2D eigenvalue weighted by Gasteiger charge is 2.58. The number of alkyl carbamates (subject to hydrolysis) is 1. The molecule has 2 amide bonds. The SMILES string of the molecule is CNCC(=O)O.COc1cc2cc(c1Cl)N(C)C(=O)CCC1(C)OC1[C@H](C)C1C[C@@](O)(NC(=O)O1)[C@H](OC)/C=C/C=C(\C)C2. The summed E-state index contributed by atoms with van der Waals surface area (Å²) in [6.45, 7) is 5.89. The highest BCUT2D eigenvalue weighted by Crippen LogP contribution is 2.48. The predicted molar refractivity (Wildman–Crippen MR) is 165 cm³/mol. The van der Waals surface area contributed by atoms with Gasteiger partial charge in [-0.25, -0.2) is 4.79 Å². The number of aliphatic carboxylic acids is 1. The zero-order valence-electron chi connectivity index (χ0n) is 26.3. The number of anilines is 1. The zero-order valence-corrected chi connectivity index (χ0v) is 27.1. The van der Waals surface area contributed by atoms with Gasteiger partial charge in [0, 0.05) is 32.9 Å². The van der Waals surface area contributed by atoms with Crippen molar-refractivity contribution in [1.29, 1.82) is 0 Å². The van der Waals surface area contributed by atoms with Gasteiger partial charge in [0.1, 0.15) is 23.0 Å². The summed E-state index contributed by atoms with van der Waals surface area (Å²) in [6, 6.07) is 3.76. The Bertz CT molecular complexity index is 1290. The van der Waals surface area contributed by atoms with E-state index in [4.69, 9.17) is 35.7 Å². The van der Waals surface area contributed by atoms with Crippen molar-refractivity contribution in [3.8, 4) is 5.75 Å². The maximum Gasteiger partial charge on any atom is 0.409 e. The molecule has 4 N–H and O–H groups in total. The van der Waals surface area contributed by atoms with Gasteiger partial charge in [0.25, 0.3) is 0 Å². The van der Waals surface area contributed by atoms with Gasteiger partial charge in [-0.1, -0.05) is 42.3 Å². The summed E-state index contributed by atoms with van der Waals surface area (Å²) in [5.41, 5.74) is 0.297. The highest BCUT2D eigenvalue weighted by molar-refractivity contribution is 6.35. The first-order chi connectivity index (χ1) is 20.7. The lowest BCUT2D eigenvalue weighted by Crippen LogP contribution is -2.63. The number of fused-ring (bicyclic) bond motifs is 5. The number of halogens is 1. The molecular weight excluding hydrogens is 594 g/mol. The van der Waals surface area contributed by atoms with E-state index in [1.54, 1.807) is 38.3 Å². The number of carbonyl (C=O) groups is 3. The van der Waals surface area contributed by atoms with Crippen molar-refractivity contribution in [2.45, 2.75) is 76.1 Å². The van der Waals surface area contributed by atoms with Crippen LogP contribution in [0.2, 0.25) is 5.02 Å². The average Bonchev–Trinajstić information content (AvgIpc) is 3.64. The zero-order chi connectivity index (χ0) is 32.8. The van der Waals surface area contributed by atoms with Crippen molar-refractivity contribution in [2.75, 3.05) is 39.8 Å². The normalized spacial score (nSPS) is 32.5. The Hall–Kier alpha value is -3.16. The Labute approximate surface area is 263 Å². The van der Waals surface area contributed by atoms with Crippen LogP contribution in [-0.4, -0.2) is 92.7 Å². The predicted octanol–water partition coefficient (Wildman–Crippen LogP) is 3.44. The van der Waals surface area contributed by atoms with Crippen molar-refractivity contribution >= 4 is 35.3 Å². The summed E-state index contributed by atoms with van der Waals surface area (Å²) in [6.07, 6.45) is 4.46. The first-order valence-electron chi connectivity index (χ1n) is 14.4. The van der Waals surface area contributed by atoms with Crippen molar-refractivity contribution < 1.29 is 43.5 Å². The van der Waals surface area contributed by atoms with Crippen LogP contribution in [0, 0.1) is 5.92 Å². The van der Waals surface area contributed by atoms with Gasteiger partial charge in [-0.2, -0.15) is 0 Å². The number of nitrogens with zero attached hydrogens (tertiary/aromatic N) is 1. The number of rotatable bonds is 4. The molecule has 44 heavy (non-hydrogen) atoms. The standard InChI is InChI=1S/C28H37ClN2O7.C3H7NO2/c1-16-8-7-9-22(36-6)28(34)15-21(37-26(33)30-28)17(2)25-27(3,38-25)11-10-23(32)31(4)19-13-18(12-16)14-20(35-5)24(19)29;1-4-2-3(5)6/h7-9,13-14,17,21-22,25,34H,10-12,15H2,1-6H3,(H,30,33);4H,2H2,1H3,(H,5,6)/b9-7+,16-8+;/t17-,21?,22-,25?,27?,28+;/m1./s1.